The van der Waals surface area contributed by atoms with Crippen molar-refractivity contribution in [2.45, 2.75) is 59.2 Å². The third-order valence-corrected chi connectivity index (χ3v) is 7.01. The van der Waals surface area contributed by atoms with E-state index in [2.05, 4.69) is 10.3 Å². The van der Waals surface area contributed by atoms with Gasteiger partial charge in [-0.1, -0.05) is 27.2 Å². The molecule has 1 aromatic rings. The molecule has 3 heterocycles. The maximum absolute atomic E-state index is 13.7. The van der Waals surface area contributed by atoms with E-state index < -0.39 is 17.2 Å². The van der Waals surface area contributed by atoms with Crippen LogP contribution in [-0.4, -0.2) is 52.9 Å². The summed E-state index contributed by atoms with van der Waals surface area (Å²) < 4.78 is 39.4. The van der Waals surface area contributed by atoms with E-state index in [4.69, 9.17) is 0 Å². The van der Waals surface area contributed by atoms with Gasteiger partial charge in [0.1, 0.15) is 0 Å². The Morgan fingerprint density at radius 2 is 2.00 bits per heavy atom. The molecule has 176 valence electrons. The van der Waals surface area contributed by atoms with Crippen LogP contribution in [0.2, 0.25) is 0 Å². The first-order chi connectivity index (χ1) is 14.9. The zero-order valence-electron chi connectivity index (χ0n) is 18.9. The smallest absolute Gasteiger partial charge is 0.337 e. The van der Waals surface area contributed by atoms with Gasteiger partial charge in [-0.15, -0.1) is 0 Å². The SMILES string of the molecule is CC(C)(C)CNC(=O)N1CC2CCCC2(C(=O)N2CCc3ncc(C(F)(F)F)cc3C2)C1. The second kappa shape index (κ2) is 7.92. The molecule has 1 N–H and O–H groups in total. The number of hydrogen-bond donors (Lipinski definition) is 1. The Morgan fingerprint density at radius 1 is 1.25 bits per heavy atom. The highest BCUT2D eigenvalue weighted by Crippen LogP contribution is 2.50. The lowest BCUT2D eigenvalue weighted by Gasteiger charge is -2.37. The number of urea groups is 1. The predicted octanol–water partition coefficient (Wildman–Crippen LogP) is 3.84. The zero-order valence-corrected chi connectivity index (χ0v) is 18.9. The van der Waals surface area contributed by atoms with Crippen LogP contribution in [-0.2, 0) is 23.9 Å². The molecular weight excluding hydrogens is 421 g/mol. The fourth-order valence-corrected chi connectivity index (χ4v) is 5.32. The number of fused-ring (bicyclic) bond motifs is 2. The predicted molar refractivity (Wildman–Crippen MR) is 113 cm³/mol. The molecule has 3 amide bonds. The van der Waals surface area contributed by atoms with Crippen LogP contribution in [0.25, 0.3) is 0 Å². The van der Waals surface area contributed by atoms with Crippen molar-refractivity contribution in [3.63, 3.8) is 0 Å². The number of halogens is 3. The number of nitrogens with zero attached hydrogens (tertiary/aromatic N) is 3. The average molecular weight is 453 g/mol. The van der Waals surface area contributed by atoms with Crippen LogP contribution in [0.15, 0.2) is 12.3 Å². The maximum Gasteiger partial charge on any atom is 0.417 e. The number of aromatic nitrogens is 1. The molecule has 0 aromatic carbocycles. The fraction of sp³-hybridized carbons (Fsp3) is 0.696. The van der Waals surface area contributed by atoms with Gasteiger partial charge in [0, 0.05) is 51.0 Å². The summed E-state index contributed by atoms with van der Waals surface area (Å²) in [4.78, 5) is 33.9. The van der Waals surface area contributed by atoms with Crippen LogP contribution in [0.5, 0.6) is 0 Å². The highest BCUT2D eigenvalue weighted by molar-refractivity contribution is 5.86. The fourth-order valence-electron chi connectivity index (χ4n) is 5.32. The van der Waals surface area contributed by atoms with Gasteiger partial charge in [-0.3, -0.25) is 9.78 Å². The zero-order chi connectivity index (χ0) is 23.3. The molecule has 1 aromatic heterocycles. The number of carbonyl (C=O) groups excluding carboxylic acids is 2. The summed E-state index contributed by atoms with van der Waals surface area (Å²) in [6.45, 7) is 8.18. The number of likely N-dealkylation sites (tertiary alicyclic amines) is 1. The average Bonchev–Trinajstić information content (AvgIpc) is 3.28. The molecule has 1 saturated heterocycles. The normalized spacial score (nSPS) is 25.5. The van der Waals surface area contributed by atoms with Crippen molar-refractivity contribution < 1.29 is 22.8 Å². The third-order valence-electron chi connectivity index (χ3n) is 7.01. The summed E-state index contributed by atoms with van der Waals surface area (Å²) in [5.41, 5.74) is -0.375. The molecule has 0 spiro atoms. The molecule has 9 heteroatoms. The van der Waals surface area contributed by atoms with Gasteiger partial charge in [-0.2, -0.15) is 13.2 Å². The van der Waals surface area contributed by atoms with Gasteiger partial charge in [0.05, 0.1) is 11.0 Å². The van der Waals surface area contributed by atoms with E-state index in [-0.39, 0.29) is 29.8 Å². The first kappa shape index (κ1) is 22.9. The second-order valence-corrected chi connectivity index (χ2v) is 10.6. The van der Waals surface area contributed by atoms with Crippen molar-refractivity contribution in [1.29, 1.82) is 0 Å². The highest BCUT2D eigenvalue weighted by Gasteiger charge is 2.56. The van der Waals surface area contributed by atoms with Crippen molar-refractivity contribution in [3.05, 3.63) is 29.1 Å². The van der Waals surface area contributed by atoms with Gasteiger partial charge in [-0.25, -0.2) is 4.79 Å². The van der Waals surface area contributed by atoms with E-state index in [9.17, 15) is 22.8 Å². The number of amides is 3. The Labute approximate surface area is 186 Å². The number of nitrogens with one attached hydrogen (secondary N) is 1. The van der Waals surface area contributed by atoms with Gasteiger partial charge >= 0.3 is 12.2 Å². The van der Waals surface area contributed by atoms with Crippen LogP contribution in [0.1, 0.15) is 56.9 Å². The molecule has 6 nitrogen and oxygen atoms in total. The van der Waals surface area contributed by atoms with E-state index in [0.29, 0.717) is 50.3 Å². The van der Waals surface area contributed by atoms with Crippen LogP contribution in [0, 0.1) is 16.7 Å². The summed E-state index contributed by atoms with van der Waals surface area (Å²) in [5.74, 6) is 0.0607. The molecule has 0 bridgehead atoms. The summed E-state index contributed by atoms with van der Waals surface area (Å²) in [6, 6.07) is 0.969. The Bertz CT molecular complexity index is 911. The lowest BCUT2D eigenvalue weighted by molar-refractivity contribution is -0.143. The summed E-state index contributed by atoms with van der Waals surface area (Å²) in [5, 5.41) is 2.97. The largest absolute Gasteiger partial charge is 0.417 e. The van der Waals surface area contributed by atoms with Gasteiger partial charge in [0.15, 0.2) is 0 Å². The van der Waals surface area contributed by atoms with E-state index in [1.54, 1.807) is 9.80 Å². The summed E-state index contributed by atoms with van der Waals surface area (Å²) in [6.07, 6.45) is -0.625. The minimum atomic E-state index is -4.46. The highest BCUT2D eigenvalue weighted by atomic mass is 19.4. The quantitative estimate of drug-likeness (QED) is 0.742. The van der Waals surface area contributed by atoms with Crippen LogP contribution >= 0.6 is 0 Å². The Kier molecular flexibility index (Phi) is 5.66. The standard InChI is InChI=1S/C23H31F3N4O2/c1-21(2,3)13-28-20(32)30-12-16-5-4-7-22(16,14-30)19(31)29-8-6-18-15(11-29)9-17(10-27-18)23(24,25)26/h9-10,16H,4-8,11-14H2,1-3H3,(H,28,32). The molecule has 1 aliphatic carbocycles. The first-order valence-corrected chi connectivity index (χ1v) is 11.3. The van der Waals surface area contributed by atoms with Crippen molar-refractivity contribution in [2.24, 2.45) is 16.7 Å². The number of pyridine rings is 1. The summed E-state index contributed by atoms with van der Waals surface area (Å²) >= 11 is 0. The monoisotopic (exact) mass is 452 g/mol. The van der Waals surface area contributed by atoms with Crippen LogP contribution in [0.4, 0.5) is 18.0 Å². The maximum atomic E-state index is 13.7. The minimum absolute atomic E-state index is 0.0332. The molecule has 3 aliphatic rings. The molecule has 32 heavy (non-hydrogen) atoms. The Hall–Kier alpha value is -2.32. The van der Waals surface area contributed by atoms with E-state index in [1.165, 1.54) is 0 Å². The van der Waals surface area contributed by atoms with Crippen LogP contribution in [0.3, 0.4) is 0 Å². The molecular formula is C23H31F3N4O2. The van der Waals surface area contributed by atoms with E-state index in [0.717, 1.165) is 25.1 Å². The van der Waals surface area contributed by atoms with Gasteiger partial charge in [0.2, 0.25) is 5.91 Å². The molecule has 2 aliphatic heterocycles. The van der Waals surface area contributed by atoms with Crippen molar-refractivity contribution in [2.75, 3.05) is 26.2 Å². The summed E-state index contributed by atoms with van der Waals surface area (Å²) in [7, 11) is 0. The van der Waals surface area contributed by atoms with Crippen molar-refractivity contribution >= 4 is 11.9 Å². The van der Waals surface area contributed by atoms with Crippen molar-refractivity contribution in [1.82, 2.24) is 20.1 Å². The second-order valence-electron chi connectivity index (χ2n) is 10.6. The molecule has 1 saturated carbocycles. The van der Waals surface area contributed by atoms with Crippen LogP contribution < -0.4 is 5.32 Å². The molecule has 2 fully saturated rings. The lowest BCUT2D eigenvalue weighted by Crippen LogP contribution is -2.49. The van der Waals surface area contributed by atoms with Crippen molar-refractivity contribution in [3.8, 4) is 0 Å². The number of alkyl halides is 3. The van der Waals surface area contributed by atoms with Gasteiger partial charge in [-0.05, 0) is 35.8 Å². The minimum Gasteiger partial charge on any atom is -0.337 e. The van der Waals surface area contributed by atoms with Gasteiger partial charge < -0.3 is 15.1 Å². The molecule has 2 unspecified atom stereocenters. The Balaban J connectivity index is 1.49. The first-order valence-electron chi connectivity index (χ1n) is 11.3. The lowest BCUT2D eigenvalue weighted by atomic mass is 9.79. The molecule has 0 radical (unpaired) electrons. The van der Waals surface area contributed by atoms with E-state index >= 15 is 0 Å². The van der Waals surface area contributed by atoms with E-state index in [1.807, 2.05) is 20.8 Å². The number of carbonyl (C=O) groups is 2. The third kappa shape index (κ3) is 4.30. The molecule has 2 atom stereocenters. The number of rotatable bonds is 2. The Morgan fingerprint density at radius 3 is 2.69 bits per heavy atom. The molecule has 4 rings (SSSR count). The van der Waals surface area contributed by atoms with Gasteiger partial charge in [0.25, 0.3) is 0 Å². The number of hydrogen-bond acceptors (Lipinski definition) is 3. The topological polar surface area (TPSA) is 65.5 Å².